The highest BCUT2D eigenvalue weighted by Gasteiger charge is 2.31. The zero-order chi connectivity index (χ0) is 21.1. The molecule has 1 amide bonds. The number of ether oxygens (including phenoxy) is 1. The lowest BCUT2D eigenvalue weighted by atomic mass is 9.93. The molecular weight excluding hydrogens is 378 g/mol. The number of benzene rings is 2. The van der Waals surface area contributed by atoms with Crippen molar-refractivity contribution in [2.75, 3.05) is 26.3 Å². The summed E-state index contributed by atoms with van der Waals surface area (Å²) < 4.78 is 5.50. The van der Waals surface area contributed by atoms with Crippen LogP contribution in [0.25, 0.3) is 5.57 Å². The van der Waals surface area contributed by atoms with Crippen LogP contribution >= 0.6 is 0 Å². The first-order valence-corrected chi connectivity index (χ1v) is 10.3. The molecule has 30 heavy (non-hydrogen) atoms. The van der Waals surface area contributed by atoms with Crippen LogP contribution in [0, 0.1) is 0 Å². The fourth-order valence-electron chi connectivity index (χ4n) is 4.17. The molecule has 0 bridgehead atoms. The topological polar surface area (TPSA) is 61.9 Å². The van der Waals surface area contributed by atoms with Crippen molar-refractivity contribution in [2.45, 2.75) is 26.4 Å². The minimum atomic E-state index is -0.676. The summed E-state index contributed by atoms with van der Waals surface area (Å²) in [5.74, 6) is -0.330. The molecule has 1 atom stereocenters. The monoisotopic (exact) mass is 405 g/mol. The van der Waals surface area contributed by atoms with Crippen LogP contribution < -0.4 is 5.32 Å². The van der Waals surface area contributed by atoms with E-state index in [0.29, 0.717) is 25.3 Å². The molecule has 0 radical (unpaired) electrons. The third-order valence-electron chi connectivity index (χ3n) is 5.73. The van der Waals surface area contributed by atoms with Crippen LogP contribution in [0.5, 0.6) is 0 Å². The molecule has 0 spiro atoms. The second-order valence-electron chi connectivity index (χ2n) is 7.67. The smallest absolute Gasteiger partial charge is 0.254 e. The molecule has 2 aromatic carbocycles. The summed E-state index contributed by atoms with van der Waals surface area (Å²) in [5, 5.41) is 7.39. The number of amides is 1. The minimum Gasteiger partial charge on any atom is -0.379 e. The van der Waals surface area contributed by atoms with Crippen molar-refractivity contribution < 1.29 is 14.3 Å². The number of nitrogens with one attached hydrogen (secondary N) is 1. The number of rotatable bonds is 5. The fraction of sp³-hybridized carbons (Fsp3) is 0.333. The molecule has 6 nitrogen and oxygen atoms in total. The van der Waals surface area contributed by atoms with E-state index in [1.807, 2.05) is 55.5 Å². The van der Waals surface area contributed by atoms with Gasteiger partial charge in [-0.05, 0) is 30.5 Å². The van der Waals surface area contributed by atoms with Gasteiger partial charge in [0, 0.05) is 18.8 Å². The first-order chi connectivity index (χ1) is 14.6. The summed E-state index contributed by atoms with van der Waals surface area (Å²) in [6, 6.07) is 16.7. The molecule has 156 valence electrons. The minimum absolute atomic E-state index is 0.0954. The van der Waals surface area contributed by atoms with Crippen molar-refractivity contribution in [3.63, 3.8) is 0 Å². The summed E-state index contributed by atoms with van der Waals surface area (Å²) >= 11 is 0. The van der Waals surface area contributed by atoms with Gasteiger partial charge in [-0.25, -0.2) is 5.01 Å². The Morgan fingerprint density at radius 2 is 1.67 bits per heavy atom. The van der Waals surface area contributed by atoms with Gasteiger partial charge in [-0.15, -0.1) is 0 Å². The van der Waals surface area contributed by atoms with Gasteiger partial charge in [-0.2, -0.15) is 0 Å². The lowest BCUT2D eigenvalue weighted by Crippen LogP contribution is -2.49. The molecule has 2 aromatic rings. The lowest BCUT2D eigenvalue weighted by molar-refractivity contribution is -0.124. The third-order valence-corrected chi connectivity index (χ3v) is 5.73. The predicted octanol–water partition coefficient (Wildman–Crippen LogP) is 2.93. The fourth-order valence-corrected chi connectivity index (χ4v) is 4.17. The lowest BCUT2D eigenvalue weighted by Gasteiger charge is -2.42. The maximum Gasteiger partial charge on any atom is 0.254 e. The quantitative estimate of drug-likeness (QED) is 0.829. The zero-order valence-corrected chi connectivity index (χ0v) is 17.4. The van der Waals surface area contributed by atoms with Gasteiger partial charge in [0.1, 0.15) is 6.04 Å². The molecule has 1 fully saturated rings. The van der Waals surface area contributed by atoms with Gasteiger partial charge in [-0.1, -0.05) is 54.6 Å². The van der Waals surface area contributed by atoms with E-state index in [1.54, 1.807) is 0 Å². The summed E-state index contributed by atoms with van der Waals surface area (Å²) in [6.07, 6.45) is 0. The molecule has 1 saturated heterocycles. The Morgan fingerprint density at radius 3 is 2.37 bits per heavy atom. The van der Waals surface area contributed by atoms with Gasteiger partial charge < -0.3 is 15.1 Å². The van der Waals surface area contributed by atoms with E-state index in [9.17, 15) is 9.59 Å². The van der Waals surface area contributed by atoms with E-state index in [4.69, 9.17) is 4.74 Å². The number of allylic oxidation sites excluding steroid dienone is 1. The number of Topliss-reactive ketones (excluding diaryl/α,β-unsaturated/α-hetero) is 1. The average Bonchev–Trinajstić information content (AvgIpc) is 2.78. The molecule has 6 heteroatoms. The van der Waals surface area contributed by atoms with Gasteiger partial charge >= 0.3 is 0 Å². The number of ketones is 1. The van der Waals surface area contributed by atoms with E-state index in [-0.39, 0.29) is 11.7 Å². The maximum absolute atomic E-state index is 13.5. The molecule has 2 aliphatic heterocycles. The van der Waals surface area contributed by atoms with E-state index >= 15 is 0 Å². The number of carbonyl (C=O) groups is 2. The maximum atomic E-state index is 13.5. The van der Waals surface area contributed by atoms with Crippen molar-refractivity contribution in [1.82, 2.24) is 15.3 Å². The van der Waals surface area contributed by atoms with Crippen LogP contribution in [-0.4, -0.2) is 48.0 Å². The Labute approximate surface area is 177 Å². The standard InChI is InChI=1S/C24H27N3O3/c1-17-22(24(29)25-23(18(2)28)19-8-4-3-5-9-19)21-11-7-6-10-20(21)16-27(17)26-12-14-30-15-13-26/h3-11,23H,12-16H2,1-2H3,(H,25,29)/t23-/m1/s1. The molecule has 1 N–H and O–H groups in total. The Morgan fingerprint density at radius 1 is 1.00 bits per heavy atom. The van der Waals surface area contributed by atoms with Gasteiger partial charge in [0.15, 0.2) is 5.78 Å². The normalized spacial score (nSPS) is 18.0. The Hall–Kier alpha value is -2.96. The first-order valence-electron chi connectivity index (χ1n) is 10.3. The second kappa shape index (κ2) is 8.81. The number of hydrazine groups is 1. The van der Waals surface area contributed by atoms with Crippen LogP contribution in [0.15, 0.2) is 60.3 Å². The average molecular weight is 405 g/mol. The van der Waals surface area contributed by atoms with E-state index in [1.165, 1.54) is 6.92 Å². The summed E-state index contributed by atoms with van der Waals surface area (Å²) in [5.41, 5.74) is 4.31. The summed E-state index contributed by atoms with van der Waals surface area (Å²) in [7, 11) is 0. The number of nitrogens with zero attached hydrogens (tertiary/aromatic N) is 2. The summed E-state index contributed by atoms with van der Waals surface area (Å²) in [6.45, 7) is 7.12. The molecule has 0 aromatic heterocycles. The van der Waals surface area contributed by atoms with Crippen molar-refractivity contribution in [3.05, 3.63) is 77.0 Å². The highest BCUT2D eigenvalue weighted by molar-refractivity contribution is 6.21. The van der Waals surface area contributed by atoms with E-state index in [0.717, 1.165) is 35.5 Å². The van der Waals surface area contributed by atoms with E-state index < -0.39 is 6.04 Å². The van der Waals surface area contributed by atoms with Gasteiger partial charge in [0.05, 0.1) is 25.3 Å². The number of hydrogen-bond donors (Lipinski definition) is 1. The summed E-state index contributed by atoms with van der Waals surface area (Å²) in [4.78, 5) is 25.8. The van der Waals surface area contributed by atoms with Crippen molar-refractivity contribution in [1.29, 1.82) is 0 Å². The molecule has 2 heterocycles. The number of hydrogen-bond acceptors (Lipinski definition) is 5. The van der Waals surface area contributed by atoms with Gasteiger partial charge in [0.25, 0.3) is 5.91 Å². The van der Waals surface area contributed by atoms with Crippen molar-refractivity contribution in [3.8, 4) is 0 Å². The molecular formula is C24H27N3O3. The third kappa shape index (κ3) is 4.01. The van der Waals surface area contributed by atoms with Gasteiger partial charge in [0.2, 0.25) is 0 Å². The van der Waals surface area contributed by atoms with Gasteiger partial charge in [-0.3, -0.25) is 9.59 Å². The molecule has 0 unspecified atom stereocenters. The van der Waals surface area contributed by atoms with E-state index in [2.05, 4.69) is 21.4 Å². The molecule has 4 rings (SSSR count). The van der Waals surface area contributed by atoms with Crippen molar-refractivity contribution in [2.24, 2.45) is 0 Å². The van der Waals surface area contributed by atoms with Crippen molar-refractivity contribution >= 4 is 17.3 Å². The Balaban J connectivity index is 1.69. The van der Waals surface area contributed by atoms with Crippen LogP contribution in [0.1, 0.15) is 36.6 Å². The number of fused-ring (bicyclic) bond motifs is 1. The Kier molecular flexibility index (Phi) is 5.97. The SMILES string of the molecule is CC(=O)[C@@H](NC(=O)C1=C(C)N(N2CCOCC2)Cc2ccccc21)c1ccccc1. The number of carbonyl (C=O) groups excluding carboxylic acids is 2. The highest BCUT2D eigenvalue weighted by atomic mass is 16.5. The van der Waals surface area contributed by atoms with Crippen LogP contribution in [0.2, 0.25) is 0 Å². The molecule has 0 aliphatic carbocycles. The van der Waals surface area contributed by atoms with Crippen LogP contribution in [0.4, 0.5) is 0 Å². The zero-order valence-electron chi connectivity index (χ0n) is 17.4. The predicted molar refractivity (Wildman–Crippen MR) is 115 cm³/mol. The van der Waals surface area contributed by atoms with Crippen LogP contribution in [0.3, 0.4) is 0 Å². The van der Waals surface area contributed by atoms with Crippen LogP contribution in [-0.2, 0) is 20.9 Å². The molecule has 0 saturated carbocycles. The Bertz CT molecular complexity index is 965. The molecule has 2 aliphatic rings. The second-order valence-corrected chi connectivity index (χ2v) is 7.67. The first kappa shape index (κ1) is 20.3. The largest absolute Gasteiger partial charge is 0.379 e. The highest BCUT2D eigenvalue weighted by Crippen LogP contribution is 2.33. The number of morpholine rings is 1.